The van der Waals surface area contributed by atoms with Gasteiger partial charge in [-0.25, -0.2) is 0 Å². The summed E-state index contributed by atoms with van der Waals surface area (Å²) in [5.41, 5.74) is 1.52. The molecule has 0 saturated carbocycles. The van der Waals surface area contributed by atoms with Gasteiger partial charge in [0, 0.05) is 11.1 Å². The number of nitrogens with one attached hydrogen (secondary N) is 2. The normalized spacial score (nSPS) is 12.6. The lowest BCUT2D eigenvalue weighted by Gasteiger charge is -2.08. The Kier molecular flexibility index (Phi) is 3.50. The summed E-state index contributed by atoms with van der Waals surface area (Å²) in [7, 11) is 0. The maximum Gasteiger partial charge on any atom is 0.261 e. The minimum Gasteiger partial charge on any atom is -0.321 e. The van der Waals surface area contributed by atoms with E-state index in [0.29, 0.717) is 11.1 Å². The standard InChI is InChI=1S/C17H12N2O4/c1-9(20)10-5-7-11(8-6-10)15(21)18-13-4-2-3-12-14(13)17(23)19-16(12)22/h2-8H,1H3,(H,18,21)(H,19,22,23). The van der Waals surface area contributed by atoms with Gasteiger partial charge >= 0.3 is 0 Å². The summed E-state index contributed by atoms with van der Waals surface area (Å²) >= 11 is 0. The molecule has 0 bridgehead atoms. The van der Waals surface area contributed by atoms with Crippen LogP contribution in [0.2, 0.25) is 0 Å². The van der Waals surface area contributed by atoms with Gasteiger partial charge in [0.15, 0.2) is 5.78 Å². The summed E-state index contributed by atoms with van der Waals surface area (Å²) in [6.07, 6.45) is 0. The predicted molar refractivity (Wildman–Crippen MR) is 82.6 cm³/mol. The molecule has 23 heavy (non-hydrogen) atoms. The van der Waals surface area contributed by atoms with E-state index in [1.165, 1.54) is 25.1 Å². The van der Waals surface area contributed by atoms with Crippen LogP contribution in [0.15, 0.2) is 42.5 Å². The lowest BCUT2D eigenvalue weighted by atomic mass is 10.1. The first-order valence-electron chi connectivity index (χ1n) is 6.88. The highest BCUT2D eigenvalue weighted by Gasteiger charge is 2.29. The first kappa shape index (κ1) is 14.6. The zero-order valence-corrected chi connectivity index (χ0v) is 12.2. The van der Waals surface area contributed by atoms with Gasteiger partial charge in [-0.1, -0.05) is 18.2 Å². The van der Waals surface area contributed by atoms with Gasteiger partial charge in [0.1, 0.15) is 0 Å². The lowest BCUT2D eigenvalue weighted by Crippen LogP contribution is -2.20. The minimum absolute atomic E-state index is 0.0898. The summed E-state index contributed by atoms with van der Waals surface area (Å²) in [5, 5.41) is 4.81. The smallest absolute Gasteiger partial charge is 0.261 e. The van der Waals surface area contributed by atoms with E-state index in [9.17, 15) is 19.2 Å². The first-order chi connectivity index (χ1) is 11.0. The quantitative estimate of drug-likeness (QED) is 0.670. The maximum atomic E-state index is 12.3. The number of rotatable bonds is 3. The van der Waals surface area contributed by atoms with E-state index in [2.05, 4.69) is 10.6 Å². The van der Waals surface area contributed by atoms with Crippen molar-refractivity contribution in [2.45, 2.75) is 6.92 Å². The number of benzene rings is 2. The Morgan fingerprint density at radius 2 is 1.57 bits per heavy atom. The molecule has 2 N–H and O–H groups in total. The molecule has 2 aromatic rings. The van der Waals surface area contributed by atoms with E-state index < -0.39 is 17.7 Å². The molecule has 6 heteroatoms. The van der Waals surface area contributed by atoms with E-state index in [1.807, 2.05) is 0 Å². The number of amides is 3. The third kappa shape index (κ3) is 2.62. The van der Waals surface area contributed by atoms with E-state index in [4.69, 9.17) is 0 Å². The zero-order chi connectivity index (χ0) is 16.6. The first-order valence-corrected chi connectivity index (χ1v) is 6.88. The zero-order valence-electron chi connectivity index (χ0n) is 12.2. The molecule has 0 fully saturated rings. The highest BCUT2D eigenvalue weighted by Crippen LogP contribution is 2.24. The molecule has 1 aliphatic rings. The van der Waals surface area contributed by atoms with Crippen LogP contribution >= 0.6 is 0 Å². The Hall–Kier alpha value is -3.28. The van der Waals surface area contributed by atoms with Crippen molar-refractivity contribution >= 4 is 29.2 Å². The fraction of sp³-hybridized carbons (Fsp3) is 0.0588. The van der Waals surface area contributed by atoms with Gasteiger partial charge in [0.25, 0.3) is 17.7 Å². The number of carbonyl (C=O) groups is 4. The Labute approximate surface area is 131 Å². The number of hydrogen-bond acceptors (Lipinski definition) is 4. The van der Waals surface area contributed by atoms with Gasteiger partial charge in [-0.05, 0) is 31.2 Å². The molecule has 3 amide bonds. The minimum atomic E-state index is -0.534. The molecule has 1 aliphatic heterocycles. The van der Waals surface area contributed by atoms with Crippen LogP contribution in [0.1, 0.15) is 48.4 Å². The van der Waals surface area contributed by atoms with Gasteiger partial charge in [0.05, 0.1) is 16.8 Å². The summed E-state index contributed by atoms with van der Waals surface area (Å²) in [4.78, 5) is 46.9. The average molecular weight is 308 g/mol. The van der Waals surface area contributed by atoms with Crippen molar-refractivity contribution in [3.63, 3.8) is 0 Å². The summed E-state index contributed by atoms with van der Waals surface area (Å²) in [6.45, 7) is 1.44. The molecule has 3 rings (SSSR count). The van der Waals surface area contributed by atoms with Crippen LogP contribution in [0.3, 0.4) is 0 Å². The van der Waals surface area contributed by atoms with E-state index in [-0.39, 0.29) is 22.6 Å². The SMILES string of the molecule is CC(=O)c1ccc(C(=O)Nc2cccc3c2C(=O)NC3=O)cc1. The molecule has 0 atom stereocenters. The molecule has 0 unspecified atom stereocenters. The fourth-order valence-electron chi connectivity index (χ4n) is 2.37. The molecule has 1 heterocycles. The molecule has 114 valence electrons. The van der Waals surface area contributed by atoms with E-state index in [1.54, 1.807) is 24.3 Å². The van der Waals surface area contributed by atoms with E-state index >= 15 is 0 Å². The van der Waals surface area contributed by atoms with Crippen LogP contribution in [-0.2, 0) is 0 Å². The Morgan fingerprint density at radius 3 is 2.22 bits per heavy atom. The summed E-state index contributed by atoms with van der Waals surface area (Å²) in [6, 6.07) is 10.8. The van der Waals surface area contributed by atoms with Gasteiger partial charge < -0.3 is 5.32 Å². The van der Waals surface area contributed by atoms with Crippen LogP contribution in [0.4, 0.5) is 5.69 Å². The number of ketones is 1. The van der Waals surface area contributed by atoms with Crippen molar-refractivity contribution in [2.24, 2.45) is 0 Å². The number of anilines is 1. The fourth-order valence-corrected chi connectivity index (χ4v) is 2.37. The predicted octanol–water partition coefficient (Wildman–Crippen LogP) is 2.03. The number of imide groups is 1. The van der Waals surface area contributed by atoms with Crippen LogP contribution in [0.5, 0.6) is 0 Å². The van der Waals surface area contributed by atoms with Crippen molar-refractivity contribution in [1.29, 1.82) is 0 Å². The van der Waals surface area contributed by atoms with Gasteiger partial charge in [-0.3, -0.25) is 24.5 Å². The average Bonchev–Trinajstić information content (AvgIpc) is 2.83. The largest absolute Gasteiger partial charge is 0.321 e. The molecule has 0 saturated heterocycles. The highest BCUT2D eigenvalue weighted by molar-refractivity contribution is 6.25. The maximum absolute atomic E-state index is 12.3. The third-order valence-electron chi connectivity index (χ3n) is 3.57. The Morgan fingerprint density at radius 1 is 0.913 bits per heavy atom. The number of Topliss-reactive ketones (excluding diaryl/α,β-unsaturated/α-hetero) is 1. The molecule has 0 radical (unpaired) electrons. The second kappa shape index (κ2) is 5.49. The van der Waals surface area contributed by atoms with Crippen LogP contribution in [0, 0.1) is 0 Å². The van der Waals surface area contributed by atoms with E-state index in [0.717, 1.165) is 0 Å². The van der Waals surface area contributed by atoms with Gasteiger partial charge in [-0.2, -0.15) is 0 Å². The van der Waals surface area contributed by atoms with Crippen LogP contribution in [-0.4, -0.2) is 23.5 Å². The topological polar surface area (TPSA) is 92.3 Å². The molecule has 0 aromatic heterocycles. The number of carbonyl (C=O) groups excluding carboxylic acids is 4. The monoisotopic (exact) mass is 308 g/mol. The number of fused-ring (bicyclic) bond motifs is 1. The van der Waals surface area contributed by atoms with Crippen molar-refractivity contribution in [3.8, 4) is 0 Å². The Bertz CT molecular complexity index is 853. The highest BCUT2D eigenvalue weighted by atomic mass is 16.2. The summed E-state index contributed by atoms with van der Waals surface area (Å²) < 4.78 is 0. The lowest BCUT2D eigenvalue weighted by molar-refractivity contribution is 0.0878. The molecular formula is C17H12N2O4. The van der Waals surface area contributed by atoms with Crippen molar-refractivity contribution < 1.29 is 19.2 Å². The second-order valence-electron chi connectivity index (χ2n) is 5.10. The van der Waals surface area contributed by atoms with Crippen LogP contribution in [0.25, 0.3) is 0 Å². The van der Waals surface area contributed by atoms with Crippen LogP contribution < -0.4 is 10.6 Å². The van der Waals surface area contributed by atoms with Crippen molar-refractivity contribution in [3.05, 3.63) is 64.7 Å². The van der Waals surface area contributed by atoms with Gasteiger partial charge in [-0.15, -0.1) is 0 Å². The summed E-state index contributed by atoms with van der Waals surface area (Å²) in [5.74, 6) is -1.53. The molecular weight excluding hydrogens is 296 g/mol. The molecule has 2 aromatic carbocycles. The third-order valence-corrected chi connectivity index (χ3v) is 3.57. The van der Waals surface area contributed by atoms with Crippen molar-refractivity contribution in [2.75, 3.05) is 5.32 Å². The van der Waals surface area contributed by atoms with Crippen molar-refractivity contribution in [1.82, 2.24) is 5.32 Å². The number of hydrogen-bond donors (Lipinski definition) is 2. The van der Waals surface area contributed by atoms with Gasteiger partial charge in [0.2, 0.25) is 0 Å². The Balaban J connectivity index is 1.88. The molecule has 6 nitrogen and oxygen atoms in total. The molecule has 0 aliphatic carbocycles. The molecule has 0 spiro atoms. The second-order valence-corrected chi connectivity index (χ2v) is 5.10.